The normalized spacial score (nSPS) is 22.0. The second-order valence-corrected chi connectivity index (χ2v) is 6.66. The van der Waals surface area contributed by atoms with E-state index in [9.17, 15) is 14.7 Å². The molecule has 3 N–H and O–H groups in total. The third-order valence-electron chi connectivity index (χ3n) is 5.20. The summed E-state index contributed by atoms with van der Waals surface area (Å²) in [6.45, 7) is 4.37. The Labute approximate surface area is 158 Å². The molecule has 0 saturated heterocycles. The maximum atomic E-state index is 12.4. The standard InChI is InChI=1S/C20H24N4O3/c1-4-17(27)16-10-14(11-24(16)5-2)20(13-7-6-8-15(26)9-13)18(12-25)23(3)19(21)22-20/h6-12,18,26H,4-5H2,1-3H3,(H2,21,22). The zero-order chi connectivity index (χ0) is 19.8. The number of aromatic hydroxyl groups is 1. The predicted octanol–water partition coefficient (Wildman–Crippen LogP) is 1.88. The van der Waals surface area contributed by atoms with Crippen molar-refractivity contribution in [2.45, 2.75) is 38.4 Å². The lowest BCUT2D eigenvalue weighted by Gasteiger charge is -2.32. The maximum absolute atomic E-state index is 12.4. The first-order chi connectivity index (χ1) is 12.9. The summed E-state index contributed by atoms with van der Waals surface area (Å²) in [6, 6.07) is 7.73. The number of carbonyl (C=O) groups is 2. The molecule has 1 aromatic heterocycles. The number of guanidine groups is 1. The highest BCUT2D eigenvalue weighted by atomic mass is 16.3. The highest BCUT2D eigenvalue weighted by Crippen LogP contribution is 2.43. The predicted molar refractivity (Wildman–Crippen MR) is 103 cm³/mol. The minimum atomic E-state index is -1.14. The number of aromatic nitrogens is 1. The van der Waals surface area contributed by atoms with Gasteiger partial charge in [-0.2, -0.15) is 0 Å². The van der Waals surface area contributed by atoms with E-state index < -0.39 is 11.6 Å². The molecule has 2 unspecified atom stereocenters. The summed E-state index contributed by atoms with van der Waals surface area (Å²) in [7, 11) is 1.71. The van der Waals surface area contributed by atoms with E-state index >= 15 is 0 Å². The summed E-state index contributed by atoms with van der Waals surface area (Å²) in [5, 5.41) is 10.0. The number of carbonyl (C=O) groups excluding carboxylic acids is 2. The summed E-state index contributed by atoms with van der Waals surface area (Å²) in [6.07, 6.45) is 3.03. The number of phenolic OH excluding ortho intramolecular Hbond substituents is 1. The molecular formula is C20H24N4O3. The molecule has 0 fully saturated rings. The number of hydrogen-bond donors (Lipinski definition) is 2. The van der Waals surface area contributed by atoms with Gasteiger partial charge in [-0.1, -0.05) is 19.1 Å². The van der Waals surface area contributed by atoms with Crippen LogP contribution >= 0.6 is 0 Å². The van der Waals surface area contributed by atoms with E-state index in [2.05, 4.69) is 4.99 Å². The number of rotatable bonds is 6. The molecule has 27 heavy (non-hydrogen) atoms. The van der Waals surface area contributed by atoms with Gasteiger partial charge in [0.25, 0.3) is 0 Å². The average molecular weight is 368 g/mol. The van der Waals surface area contributed by atoms with Gasteiger partial charge in [0.05, 0.1) is 5.69 Å². The molecule has 0 spiro atoms. The molecule has 0 amide bonds. The fourth-order valence-corrected chi connectivity index (χ4v) is 3.72. The van der Waals surface area contributed by atoms with Crippen LogP contribution < -0.4 is 5.73 Å². The van der Waals surface area contributed by atoms with Crippen LogP contribution in [-0.2, 0) is 16.9 Å². The molecule has 0 aliphatic carbocycles. The van der Waals surface area contributed by atoms with Crippen LogP contribution in [0.2, 0.25) is 0 Å². The number of nitrogens with zero attached hydrogens (tertiary/aromatic N) is 3. The molecule has 7 heteroatoms. The topological polar surface area (TPSA) is 101 Å². The van der Waals surface area contributed by atoms with Crippen molar-refractivity contribution in [2.75, 3.05) is 7.05 Å². The van der Waals surface area contributed by atoms with Gasteiger partial charge in [-0.05, 0) is 30.7 Å². The van der Waals surface area contributed by atoms with Gasteiger partial charge in [-0.3, -0.25) is 4.79 Å². The van der Waals surface area contributed by atoms with Gasteiger partial charge in [0.1, 0.15) is 23.6 Å². The largest absolute Gasteiger partial charge is 0.508 e. The zero-order valence-corrected chi connectivity index (χ0v) is 15.7. The smallest absolute Gasteiger partial charge is 0.193 e. The molecule has 7 nitrogen and oxygen atoms in total. The quantitative estimate of drug-likeness (QED) is 0.599. The van der Waals surface area contributed by atoms with E-state index in [0.29, 0.717) is 29.8 Å². The van der Waals surface area contributed by atoms with Crippen molar-refractivity contribution in [3.05, 3.63) is 53.3 Å². The van der Waals surface area contributed by atoms with Crippen molar-refractivity contribution in [3.63, 3.8) is 0 Å². The number of aryl methyl sites for hydroxylation is 1. The Hall–Kier alpha value is -3.09. The molecule has 0 radical (unpaired) electrons. The Morgan fingerprint density at radius 1 is 1.33 bits per heavy atom. The number of aliphatic imine (C=N–C) groups is 1. The molecule has 3 rings (SSSR count). The van der Waals surface area contributed by atoms with Crippen LogP contribution in [0.5, 0.6) is 5.75 Å². The van der Waals surface area contributed by atoms with E-state index in [1.165, 1.54) is 0 Å². The fraction of sp³-hybridized carbons (Fsp3) is 0.350. The molecule has 1 aliphatic heterocycles. The Bertz CT molecular complexity index is 918. The Morgan fingerprint density at radius 2 is 2.07 bits per heavy atom. The molecule has 0 saturated carbocycles. The molecule has 2 aromatic rings. The highest BCUT2D eigenvalue weighted by Gasteiger charge is 2.50. The van der Waals surface area contributed by atoms with E-state index in [1.807, 2.05) is 24.6 Å². The summed E-state index contributed by atoms with van der Waals surface area (Å²) >= 11 is 0. The number of aldehydes is 1. The number of nitrogens with two attached hydrogens (primary N) is 1. The third-order valence-corrected chi connectivity index (χ3v) is 5.20. The first-order valence-electron chi connectivity index (χ1n) is 8.95. The van der Waals surface area contributed by atoms with Crippen LogP contribution in [0.4, 0.5) is 0 Å². The molecule has 1 aliphatic rings. The Kier molecular flexibility index (Phi) is 4.78. The van der Waals surface area contributed by atoms with Crippen molar-refractivity contribution in [1.82, 2.24) is 9.47 Å². The van der Waals surface area contributed by atoms with Gasteiger partial charge in [0, 0.05) is 31.8 Å². The number of hydrogen-bond acceptors (Lipinski definition) is 6. The summed E-state index contributed by atoms with van der Waals surface area (Å²) in [4.78, 5) is 30.7. The van der Waals surface area contributed by atoms with Gasteiger partial charge < -0.3 is 25.1 Å². The highest BCUT2D eigenvalue weighted by molar-refractivity contribution is 5.95. The second-order valence-electron chi connectivity index (χ2n) is 6.66. The van der Waals surface area contributed by atoms with E-state index in [1.54, 1.807) is 42.3 Å². The molecule has 2 atom stereocenters. The van der Waals surface area contributed by atoms with Gasteiger partial charge in [0.2, 0.25) is 0 Å². The van der Waals surface area contributed by atoms with E-state index in [-0.39, 0.29) is 17.5 Å². The minimum absolute atomic E-state index is 0.0140. The SMILES string of the molecule is CCC(=O)c1cc(C2(c3cccc(O)c3)N=C(N)N(C)C2C=O)cn1CC. The van der Waals surface area contributed by atoms with Crippen LogP contribution in [0.3, 0.4) is 0 Å². The second kappa shape index (κ2) is 6.90. The monoisotopic (exact) mass is 368 g/mol. The van der Waals surface area contributed by atoms with Crippen LogP contribution in [-0.4, -0.2) is 45.7 Å². The van der Waals surface area contributed by atoms with Crippen LogP contribution in [0.25, 0.3) is 0 Å². The maximum Gasteiger partial charge on any atom is 0.193 e. The summed E-state index contributed by atoms with van der Waals surface area (Å²) in [5.74, 6) is 0.308. The molecule has 1 aromatic carbocycles. The zero-order valence-electron chi connectivity index (χ0n) is 15.7. The lowest BCUT2D eigenvalue weighted by Crippen LogP contribution is -2.46. The van der Waals surface area contributed by atoms with Crippen molar-refractivity contribution in [3.8, 4) is 5.75 Å². The number of Topliss-reactive ketones (excluding diaryl/α,β-unsaturated/α-hetero) is 1. The van der Waals surface area contributed by atoms with Gasteiger partial charge in [-0.25, -0.2) is 4.99 Å². The van der Waals surface area contributed by atoms with Gasteiger partial charge >= 0.3 is 0 Å². The van der Waals surface area contributed by atoms with Crippen molar-refractivity contribution >= 4 is 18.0 Å². The Balaban J connectivity index is 2.31. The van der Waals surface area contributed by atoms with Gasteiger partial charge in [0.15, 0.2) is 11.7 Å². The number of likely N-dealkylation sites (N-methyl/N-ethyl adjacent to an activating group) is 1. The number of ketones is 1. The number of phenols is 1. The number of benzene rings is 1. The first-order valence-corrected chi connectivity index (χ1v) is 8.95. The summed E-state index contributed by atoms with van der Waals surface area (Å²) < 4.78 is 1.86. The van der Waals surface area contributed by atoms with Gasteiger partial charge in [-0.15, -0.1) is 0 Å². The molecule has 142 valence electrons. The first kappa shape index (κ1) is 18.7. The van der Waals surface area contributed by atoms with Crippen molar-refractivity contribution in [2.24, 2.45) is 10.7 Å². The summed E-state index contributed by atoms with van der Waals surface area (Å²) in [5.41, 5.74) is 6.84. The van der Waals surface area contributed by atoms with Crippen molar-refractivity contribution in [1.29, 1.82) is 0 Å². The molecular weight excluding hydrogens is 344 g/mol. The lowest BCUT2D eigenvalue weighted by molar-refractivity contribution is -0.112. The van der Waals surface area contributed by atoms with Crippen LogP contribution in [0, 0.1) is 0 Å². The van der Waals surface area contributed by atoms with E-state index in [4.69, 9.17) is 5.73 Å². The molecule has 0 bridgehead atoms. The van der Waals surface area contributed by atoms with Crippen LogP contribution in [0.15, 0.2) is 41.5 Å². The van der Waals surface area contributed by atoms with E-state index in [0.717, 1.165) is 6.29 Å². The average Bonchev–Trinajstić information content (AvgIpc) is 3.21. The minimum Gasteiger partial charge on any atom is -0.508 e. The van der Waals surface area contributed by atoms with Crippen LogP contribution in [0.1, 0.15) is 41.9 Å². The Morgan fingerprint density at radius 3 is 2.67 bits per heavy atom. The third kappa shape index (κ3) is 2.79. The fourth-order valence-electron chi connectivity index (χ4n) is 3.72. The van der Waals surface area contributed by atoms with Crippen molar-refractivity contribution < 1.29 is 14.7 Å². The lowest BCUT2D eigenvalue weighted by atomic mass is 9.79. The molecule has 2 heterocycles.